The van der Waals surface area contributed by atoms with Crippen LogP contribution in [0, 0.1) is 0 Å². The lowest BCUT2D eigenvalue weighted by Crippen LogP contribution is -2.16. The Morgan fingerprint density at radius 2 is 1.64 bits per heavy atom. The quantitative estimate of drug-likeness (QED) is 0.257. The van der Waals surface area contributed by atoms with Crippen molar-refractivity contribution in [3.8, 4) is 17.2 Å². The highest BCUT2D eigenvalue weighted by Crippen LogP contribution is 2.29. The van der Waals surface area contributed by atoms with Crippen molar-refractivity contribution in [2.45, 2.75) is 11.8 Å². The van der Waals surface area contributed by atoms with E-state index in [1.54, 1.807) is 31.2 Å². The van der Waals surface area contributed by atoms with Crippen molar-refractivity contribution in [1.29, 1.82) is 0 Å². The maximum absolute atomic E-state index is 12.9. The van der Waals surface area contributed by atoms with Crippen molar-refractivity contribution >= 4 is 43.4 Å². The summed E-state index contributed by atoms with van der Waals surface area (Å²) in [6.07, 6.45) is 0. The smallest absolute Gasteiger partial charge is 0.338 e. The molecule has 3 aromatic carbocycles. The monoisotopic (exact) mass is 577 g/mol. The Balaban J connectivity index is 1.67. The van der Waals surface area contributed by atoms with E-state index in [1.165, 1.54) is 50.6 Å². The van der Waals surface area contributed by atoms with E-state index in [4.69, 9.17) is 18.9 Å². The summed E-state index contributed by atoms with van der Waals surface area (Å²) in [6.45, 7) is 1.55. The van der Waals surface area contributed by atoms with Crippen LogP contribution in [0.15, 0.2) is 70.0 Å². The molecular weight excluding hydrogens is 554 g/mol. The number of sulfonamides is 1. The first kappa shape index (κ1) is 27.0. The molecule has 0 atom stereocenters. The minimum atomic E-state index is -3.97. The number of esters is 1. The van der Waals surface area contributed by atoms with E-state index in [0.29, 0.717) is 22.6 Å². The Hall–Kier alpha value is -3.57. The van der Waals surface area contributed by atoms with E-state index in [2.05, 4.69) is 20.7 Å². The van der Waals surface area contributed by atoms with Crippen LogP contribution in [0.4, 0.5) is 5.69 Å². The third-order valence-electron chi connectivity index (χ3n) is 4.91. The first-order chi connectivity index (χ1) is 17.2. The normalized spacial score (nSPS) is 10.9. The summed E-state index contributed by atoms with van der Waals surface area (Å²) < 4.78 is 49.7. The molecule has 0 aromatic heterocycles. The van der Waals surface area contributed by atoms with E-state index < -0.39 is 28.4 Å². The van der Waals surface area contributed by atoms with Gasteiger partial charge in [-0.05, 0) is 61.5 Å². The molecule has 0 aliphatic rings. The third kappa shape index (κ3) is 6.55. The number of nitrogens with one attached hydrogen (secondary N) is 1. The summed E-state index contributed by atoms with van der Waals surface area (Å²) in [4.78, 5) is 24.9. The number of halogens is 1. The van der Waals surface area contributed by atoms with Gasteiger partial charge in [-0.3, -0.25) is 9.52 Å². The summed E-state index contributed by atoms with van der Waals surface area (Å²) in [5.41, 5.74) is 0.618. The fourth-order valence-corrected chi connectivity index (χ4v) is 4.92. The number of hydrogen-bond acceptors (Lipinski definition) is 8. The van der Waals surface area contributed by atoms with Gasteiger partial charge in [-0.25, -0.2) is 13.2 Å². The molecule has 0 amide bonds. The van der Waals surface area contributed by atoms with Crippen molar-refractivity contribution in [3.05, 3.63) is 76.3 Å². The maximum atomic E-state index is 12.9. The third-order valence-corrected chi connectivity index (χ3v) is 6.81. The number of benzene rings is 3. The molecule has 9 nitrogen and oxygen atoms in total. The zero-order valence-electron chi connectivity index (χ0n) is 19.7. The average molecular weight is 578 g/mol. The molecule has 0 saturated carbocycles. The van der Waals surface area contributed by atoms with Crippen LogP contribution < -0.4 is 18.9 Å². The highest BCUT2D eigenvalue weighted by molar-refractivity contribution is 9.10. The van der Waals surface area contributed by atoms with Gasteiger partial charge < -0.3 is 18.9 Å². The highest BCUT2D eigenvalue weighted by atomic mass is 79.9. The number of anilines is 1. The molecule has 0 fully saturated rings. The second-order valence-electron chi connectivity index (χ2n) is 7.27. The van der Waals surface area contributed by atoms with Crippen molar-refractivity contribution in [1.82, 2.24) is 0 Å². The lowest BCUT2D eigenvalue weighted by atomic mass is 10.1. The van der Waals surface area contributed by atoms with Crippen LogP contribution in [0.1, 0.15) is 27.6 Å². The molecule has 0 unspecified atom stereocenters. The number of Topliss-reactive ketones (excluding diaryl/α,β-unsaturated/α-hetero) is 1. The fraction of sp³-hybridized carbons (Fsp3) is 0.200. The topological polar surface area (TPSA) is 117 Å². The second-order valence-corrected chi connectivity index (χ2v) is 9.84. The summed E-state index contributed by atoms with van der Waals surface area (Å²) in [5.74, 6) is -0.163. The van der Waals surface area contributed by atoms with Gasteiger partial charge in [0, 0.05) is 16.2 Å². The predicted octanol–water partition coefficient (Wildman–Crippen LogP) is 4.71. The van der Waals surface area contributed by atoms with Gasteiger partial charge in [-0.2, -0.15) is 0 Å². The Labute approximate surface area is 217 Å². The number of rotatable bonds is 11. The molecule has 0 spiro atoms. The van der Waals surface area contributed by atoms with Crippen LogP contribution in [0.3, 0.4) is 0 Å². The zero-order valence-corrected chi connectivity index (χ0v) is 22.1. The molecule has 36 heavy (non-hydrogen) atoms. The molecule has 11 heteroatoms. The molecule has 0 aliphatic heterocycles. The van der Waals surface area contributed by atoms with Crippen LogP contribution in [-0.2, 0) is 14.8 Å². The molecule has 3 aromatic rings. The van der Waals surface area contributed by atoms with Gasteiger partial charge >= 0.3 is 5.97 Å². The molecule has 190 valence electrons. The van der Waals surface area contributed by atoms with E-state index in [-0.39, 0.29) is 27.5 Å². The lowest BCUT2D eigenvalue weighted by molar-refractivity contribution is 0.0474. The molecule has 0 radical (unpaired) electrons. The predicted molar refractivity (Wildman–Crippen MR) is 137 cm³/mol. The van der Waals surface area contributed by atoms with Crippen molar-refractivity contribution in [3.63, 3.8) is 0 Å². The standard InChI is InChI=1S/C25H24BrNO8S/c1-4-34-22-12-7-17(26)13-24(22)36(30,31)27-18-8-5-16(6-9-18)25(29)35-15-21(28)20-11-10-19(32-2)14-23(20)33-3/h5-14,27H,4,15H2,1-3H3. The van der Waals surface area contributed by atoms with Crippen molar-refractivity contribution < 1.29 is 37.0 Å². The Bertz CT molecular complexity index is 1360. The molecule has 1 N–H and O–H groups in total. The van der Waals surface area contributed by atoms with Gasteiger partial charge in [0.2, 0.25) is 5.78 Å². The lowest BCUT2D eigenvalue weighted by Gasteiger charge is -2.13. The van der Waals surface area contributed by atoms with E-state index in [0.717, 1.165) is 0 Å². The Kier molecular flexibility index (Phi) is 8.94. The summed E-state index contributed by atoms with van der Waals surface area (Å²) in [6, 6.07) is 15.0. The van der Waals surface area contributed by atoms with Gasteiger partial charge in [0.25, 0.3) is 10.0 Å². The van der Waals surface area contributed by atoms with Gasteiger partial charge in [-0.1, -0.05) is 15.9 Å². The van der Waals surface area contributed by atoms with Gasteiger partial charge in [-0.15, -0.1) is 0 Å². The first-order valence-electron chi connectivity index (χ1n) is 10.7. The van der Waals surface area contributed by atoms with Crippen LogP contribution in [-0.4, -0.2) is 47.6 Å². The van der Waals surface area contributed by atoms with Gasteiger partial charge in [0.05, 0.1) is 32.0 Å². The SMILES string of the molecule is CCOc1ccc(Br)cc1S(=O)(=O)Nc1ccc(C(=O)OCC(=O)c2ccc(OC)cc2OC)cc1. The van der Waals surface area contributed by atoms with Crippen molar-refractivity contribution in [2.24, 2.45) is 0 Å². The first-order valence-corrected chi connectivity index (χ1v) is 12.9. The number of ketones is 1. The minimum Gasteiger partial charge on any atom is -0.497 e. The molecule has 0 aliphatic carbocycles. The van der Waals surface area contributed by atoms with E-state index >= 15 is 0 Å². The number of methoxy groups -OCH3 is 2. The molecule has 3 rings (SSSR count). The van der Waals surface area contributed by atoms with E-state index in [1.807, 2.05) is 0 Å². The molecular formula is C25H24BrNO8S. The summed E-state index contributed by atoms with van der Waals surface area (Å²) in [5, 5.41) is 0. The van der Waals surface area contributed by atoms with Gasteiger partial charge in [0.1, 0.15) is 22.1 Å². The Morgan fingerprint density at radius 1 is 0.917 bits per heavy atom. The van der Waals surface area contributed by atoms with Crippen LogP contribution in [0.5, 0.6) is 17.2 Å². The molecule has 0 bridgehead atoms. The molecule has 0 heterocycles. The van der Waals surface area contributed by atoms with Crippen LogP contribution in [0.25, 0.3) is 0 Å². The summed E-state index contributed by atoms with van der Waals surface area (Å²) in [7, 11) is -1.06. The number of carbonyl (C=O) groups excluding carboxylic acids is 2. The maximum Gasteiger partial charge on any atom is 0.338 e. The highest BCUT2D eigenvalue weighted by Gasteiger charge is 2.21. The summed E-state index contributed by atoms with van der Waals surface area (Å²) >= 11 is 3.27. The van der Waals surface area contributed by atoms with Crippen molar-refractivity contribution in [2.75, 3.05) is 32.2 Å². The largest absolute Gasteiger partial charge is 0.497 e. The number of carbonyl (C=O) groups is 2. The number of hydrogen-bond donors (Lipinski definition) is 1. The average Bonchev–Trinajstić information content (AvgIpc) is 2.88. The van der Waals surface area contributed by atoms with Crippen LogP contribution >= 0.6 is 15.9 Å². The zero-order chi connectivity index (χ0) is 26.3. The van der Waals surface area contributed by atoms with Crippen LogP contribution in [0.2, 0.25) is 0 Å². The Morgan fingerprint density at radius 3 is 2.28 bits per heavy atom. The fourth-order valence-electron chi connectivity index (χ4n) is 3.17. The minimum absolute atomic E-state index is 0.0327. The molecule has 0 saturated heterocycles. The van der Waals surface area contributed by atoms with Gasteiger partial charge in [0.15, 0.2) is 6.61 Å². The van der Waals surface area contributed by atoms with E-state index in [9.17, 15) is 18.0 Å². The number of ether oxygens (including phenoxy) is 4. The second kappa shape index (κ2) is 11.9.